The molecule has 4 heteroatoms. The maximum atomic E-state index is 11.4. The Kier molecular flexibility index (Phi) is 4.99. The van der Waals surface area contributed by atoms with Gasteiger partial charge in [0.15, 0.2) is 0 Å². The van der Waals surface area contributed by atoms with Crippen LogP contribution in [-0.2, 0) is 11.3 Å². The maximum absolute atomic E-state index is 11.4. The van der Waals surface area contributed by atoms with E-state index in [0.717, 1.165) is 16.9 Å². The number of hydrogen-bond donors (Lipinski definition) is 1. The maximum Gasteiger partial charge on any atom is 0.337 e. The molecule has 1 aromatic carbocycles. The van der Waals surface area contributed by atoms with Crippen molar-refractivity contribution in [1.29, 1.82) is 0 Å². The third kappa shape index (κ3) is 3.57. The Hall–Kier alpha value is -0.870. The van der Waals surface area contributed by atoms with E-state index in [-0.39, 0.29) is 5.97 Å². The van der Waals surface area contributed by atoms with E-state index in [1.54, 1.807) is 0 Å². The first-order chi connectivity index (χ1) is 9.11. The fraction of sp³-hybridized carbons (Fsp3) is 0.533. The minimum Gasteiger partial charge on any atom is -0.465 e. The number of carbonyl (C=O) groups excluding carboxylic acids is 1. The number of benzene rings is 1. The number of halogens is 1. The van der Waals surface area contributed by atoms with Gasteiger partial charge in [-0.2, -0.15) is 0 Å². The SMILES string of the molecule is COC(=O)c1ccc(CNC(C)C2CCC2)c(Br)c1. The molecule has 0 heterocycles. The van der Waals surface area contributed by atoms with Crippen molar-refractivity contribution in [3.8, 4) is 0 Å². The van der Waals surface area contributed by atoms with Crippen LogP contribution < -0.4 is 5.32 Å². The van der Waals surface area contributed by atoms with Crippen LogP contribution in [0.4, 0.5) is 0 Å². The molecule has 0 saturated heterocycles. The Morgan fingerprint density at radius 3 is 2.79 bits per heavy atom. The Morgan fingerprint density at radius 1 is 1.53 bits per heavy atom. The van der Waals surface area contributed by atoms with Gasteiger partial charge in [0.25, 0.3) is 0 Å². The zero-order valence-corrected chi connectivity index (χ0v) is 13.0. The molecule has 2 rings (SSSR count). The number of ether oxygens (including phenoxy) is 1. The summed E-state index contributed by atoms with van der Waals surface area (Å²) in [6.45, 7) is 3.07. The normalized spacial score (nSPS) is 16.8. The lowest BCUT2D eigenvalue weighted by atomic mass is 9.80. The van der Waals surface area contributed by atoms with Gasteiger partial charge in [-0.05, 0) is 43.4 Å². The van der Waals surface area contributed by atoms with Gasteiger partial charge in [-0.1, -0.05) is 28.4 Å². The first kappa shape index (κ1) is 14.5. The van der Waals surface area contributed by atoms with Gasteiger partial charge in [0, 0.05) is 17.1 Å². The summed E-state index contributed by atoms with van der Waals surface area (Å²) in [5.74, 6) is 0.524. The second-order valence-corrected chi connectivity index (χ2v) is 6.01. The second kappa shape index (κ2) is 6.53. The monoisotopic (exact) mass is 325 g/mol. The van der Waals surface area contributed by atoms with E-state index < -0.39 is 0 Å². The van der Waals surface area contributed by atoms with Crippen LogP contribution in [0, 0.1) is 5.92 Å². The molecule has 0 spiro atoms. The summed E-state index contributed by atoms with van der Waals surface area (Å²) < 4.78 is 5.66. The molecular formula is C15H20BrNO2. The molecule has 1 fully saturated rings. The highest BCUT2D eigenvalue weighted by molar-refractivity contribution is 9.10. The number of nitrogens with one attached hydrogen (secondary N) is 1. The van der Waals surface area contributed by atoms with E-state index in [0.29, 0.717) is 11.6 Å². The van der Waals surface area contributed by atoms with Crippen LogP contribution >= 0.6 is 15.9 Å². The molecule has 1 N–H and O–H groups in total. The molecule has 1 aromatic rings. The van der Waals surface area contributed by atoms with Gasteiger partial charge in [0.05, 0.1) is 12.7 Å². The van der Waals surface area contributed by atoms with Gasteiger partial charge in [0.2, 0.25) is 0 Å². The summed E-state index contributed by atoms with van der Waals surface area (Å²) in [5.41, 5.74) is 1.74. The smallest absolute Gasteiger partial charge is 0.337 e. The molecule has 3 nitrogen and oxygen atoms in total. The summed E-state index contributed by atoms with van der Waals surface area (Å²) in [5, 5.41) is 3.56. The van der Waals surface area contributed by atoms with Crippen molar-refractivity contribution in [3.63, 3.8) is 0 Å². The van der Waals surface area contributed by atoms with Crippen LogP contribution in [0.1, 0.15) is 42.1 Å². The fourth-order valence-corrected chi connectivity index (χ4v) is 2.83. The molecule has 1 atom stereocenters. The van der Waals surface area contributed by atoms with Crippen LogP contribution in [0.3, 0.4) is 0 Å². The predicted molar refractivity (Wildman–Crippen MR) is 79.1 cm³/mol. The first-order valence-corrected chi connectivity index (χ1v) is 7.51. The van der Waals surface area contributed by atoms with Crippen molar-refractivity contribution in [3.05, 3.63) is 33.8 Å². The van der Waals surface area contributed by atoms with Gasteiger partial charge in [-0.25, -0.2) is 4.79 Å². The summed E-state index contributed by atoms with van der Waals surface area (Å²) >= 11 is 3.52. The lowest BCUT2D eigenvalue weighted by Crippen LogP contribution is -2.36. The molecule has 0 aliphatic heterocycles. The lowest BCUT2D eigenvalue weighted by molar-refractivity contribution is 0.0600. The Bertz CT molecular complexity index is 457. The Morgan fingerprint density at radius 2 is 2.26 bits per heavy atom. The molecule has 19 heavy (non-hydrogen) atoms. The van der Waals surface area contributed by atoms with Gasteiger partial charge in [-0.3, -0.25) is 0 Å². The largest absolute Gasteiger partial charge is 0.465 e. The molecule has 0 aromatic heterocycles. The molecule has 0 radical (unpaired) electrons. The lowest BCUT2D eigenvalue weighted by Gasteiger charge is -2.32. The molecule has 1 unspecified atom stereocenters. The average molecular weight is 326 g/mol. The van der Waals surface area contributed by atoms with E-state index in [1.807, 2.05) is 18.2 Å². The molecule has 0 amide bonds. The van der Waals surface area contributed by atoms with Crippen molar-refractivity contribution >= 4 is 21.9 Å². The average Bonchev–Trinajstić information content (AvgIpc) is 2.34. The number of esters is 1. The van der Waals surface area contributed by atoms with Crippen molar-refractivity contribution < 1.29 is 9.53 Å². The van der Waals surface area contributed by atoms with Crippen LogP contribution in [0.15, 0.2) is 22.7 Å². The van der Waals surface area contributed by atoms with Gasteiger partial charge in [-0.15, -0.1) is 0 Å². The van der Waals surface area contributed by atoms with Crippen molar-refractivity contribution in [2.45, 2.75) is 38.8 Å². The molecule has 0 bridgehead atoms. The van der Waals surface area contributed by atoms with Crippen LogP contribution in [0.25, 0.3) is 0 Å². The van der Waals surface area contributed by atoms with E-state index >= 15 is 0 Å². The summed E-state index contributed by atoms with van der Waals surface area (Å²) in [4.78, 5) is 11.4. The number of carbonyl (C=O) groups is 1. The standard InChI is InChI=1S/C15H20BrNO2/c1-10(11-4-3-5-11)17-9-13-7-6-12(8-14(13)16)15(18)19-2/h6-8,10-11,17H,3-5,9H2,1-2H3. The highest BCUT2D eigenvalue weighted by Gasteiger charge is 2.23. The zero-order valence-electron chi connectivity index (χ0n) is 11.4. The van der Waals surface area contributed by atoms with E-state index in [1.165, 1.54) is 31.9 Å². The Balaban J connectivity index is 1.94. The van der Waals surface area contributed by atoms with Crippen molar-refractivity contribution in [2.75, 3.05) is 7.11 Å². The number of methoxy groups -OCH3 is 1. The third-order valence-electron chi connectivity index (χ3n) is 3.95. The van der Waals surface area contributed by atoms with Crippen molar-refractivity contribution in [1.82, 2.24) is 5.32 Å². The topological polar surface area (TPSA) is 38.3 Å². The van der Waals surface area contributed by atoms with Crippen molar-refractivity contribution in [2.24, 2.45) is 5.92 Å². The van der Waals surface area contributed by atoms with Crippen LogP contribution in [-0.4, -0.2) is 19.1 Å². The number of rotatable bonds is 5. The fourth-order valence-electron chi connectivity index (χ4n) is 2.31. The number of hydrogen-bond acceptors (Lipinski definition) is 3. The van der Waals surface area contributed by atoms with Gasteiger partial charge in [0.1, 0.15) is 0 Å². The highest BCUT2D eigenvalue weighted by Crippen LogP contribution is 2.29. The van der Waals surface area contributed by atoms with Gasteiger partial charge >= 0.3 is 5.97 Å². The quantitative estimate of drug-likeness (QED) is 0.842. The Labute approximate surface area is 122 Å². The summed E-state index contributed by atoms with van der Waals surface area (Å²) in [6.07, 6.45) is 4.06. The molecule has 1 saturated carbocycles. The second-order valence-electron chi connectivity index (χ2n) is 5.16. The summed E-state index contributed by atoms with van der Waals surface area (Å²) in [6, 6.07) is 6.15. The van der Waals surface area contributed by atoms with Crippen LogP contribution in [0.5, 0.6) is 0 Å². The van der Waals surface area contributed by atoms with E-state index in [2.05, 4.69) is 28.2 Å². The van der Waals surface area contributed by atoms with Gasteiger partial charge < -0.3 is 10.1 Å². The van der Waals surface area contributed by atoms with E-state index in [9.17, 15) is 4.79 Å². The first-order valence-electron chi connectivity index (χ1n) is 6.72. The summed E-state index contributed by atoms with van der Waals surface area (Å²) in [7, 11) is 1.39. The highest BCUT2D eigenvalue weighted by atomic mass is 79.9. The molecule has 1 aliphatic carbocycles. The molecular weight excluding hydrogens is 306 g/mol. The van der Waals surface area contributed by atoms with Crippen LogP contribution in [0.2, 0.25) is 0 Å². The molecule has 1 aliphatic rings. The minimum atomic E-state index is -0.303. The minimum absolute atomic E-state index is 0.303. The predicted octanol–water partition coefficient (Wildman–Crippen LogP) is 3.51. The third-order valence-corrected chi connectivity index (χ3v) is 4.68. The van der Waals surface area contributed by atoms with E-state index in [4.69, 9.17) is 4.74 Å². The molecule has 104 valence electrons. The zero-order chi connectivity index (χ0) is 13.8.